The van der Waals surface area contributed by atoms with Gasteiger partial charge in [-0.3, -0.25) is 9.78 Å². The van der Waals surface area contributed by atoms with Gasteiger partial charge in [0.25, 0.3) is 0 Å². The van der Waals surface area contributed by atoms with Gasteiger partial charge in [-0.05, 0) is 55.3 Å². The highest BCUT2D eigenvalue weighted by Gasteiger charge is 2.35. The molecule has 1 aliphatic rings. The molecule has 198 valence electrons. The quantitative estimate of drug-likeness (QED) is 0.342. The van der Waals surface area contributed by atoms with E-state index >= 15 is 0 Å². The molecule has 2 unspecified atom stereocenters. The molecule has 2 aromatic heterocycles. The summed E-state index contributed by atoms with van der Waals surface area (Å²) in [6.45, 7) is 4.25. The van der Waals surface area contributed by atoms with Crippen LogP contribution in [-0.2, 0) is 28.5 Å². The number of benzene rings is 1. The minimum atomic E-state index is -4.54. The van der Waals surface area contributed by atoms with E-state index in [9.17, 15) is 31.0 Å². The lowest BCUT2D eigenvalue weighted by molar-refractivity contribution is -0.137. The van der Waals surface area contributed by atoms with Gasteiger partial charge in [0.05, 0.1) is 28.4 Å². The summed E-state index contributed by atoms with van der Waals surface area (Å²) in [5, 5.41) is 2.65. The van der Waals surface area contributed by atoms with Crippen molar-refractivity contribution in [2.24, 2.45) is 0 Å². The molecule has 0 aliphatic carbocycles. The maximum Gasteiger partial charge on any atom is 0.417 e. The molecule has 6 nitrogen and oxygen atoms in total. The van der Waals surface area contributed by atoms with Crippen molar-refractivity contribution in [3.8, 4) is 11.3 Å². The minimum absolute atomic E-state index is 0.114. The zero-order valence-electron chi connectivity index (χ0n) is 20.1. The Bertz CT molecular complexity index is 1240. The van der Waals surface area contributed by atoms with Gasteiger partial charge in [0.1, 0.15) is 22.8 Å². The third kappa shape index (κ3) is 7.16. The van der Waals surface area contributed by atoms with E-state index in [1.165, 1.54) is 34.6 Å². The van der Waals surface area contributed by atoms with E-state index in [4.69, 9.17) is 0 Å². The fourth-order valence-corrected chi connectivity index (χ4v) is 5.07. The first kappa shape index (κ1) is 28.3. The first-order chi connectivity index (χ1) is 17.6. The smallest absolute Gasteiger partial charge is 0.349 e. The predicted molar refractivity (Wildman–Crippen MR) is 128 cm³/mol. The lowest BCUT2D eigenvalue weighted by Crippen LogP contribution is -2.43. The van der Waals surface area contributed by atoms with Crippen LogP contribution in [0.3, 0.4) is 0 Å². The molecule has 1 fully saturated rings. The van der Waals surface area contributed by atoms with Crippen LogP contribution in [0.25, 0.3) is 11.3 Å². The zero-order chi connectivity index (χ0) is 27.2. The van der Waals surface area contributed by atoms with Crippen LogP contribution >= 0.6 is 0 Å². The molecule has 3 heterocycles. The van der Waals surface area contributed by atoms with Crippen molar-refractivity contribution in [1.82, 2.24) is 19.6 Å². The molecule has 12 heteroatoms. The average Bonchev–Trinajstić information content (AvgIpc) is 3.38. The highest BCUT2D eigenvalue weighted by molar-refractivity contribution is 7.82. The van der Waals surface area contributed by atoms with Gasteiger partial charge in [0.2, 0.25) is 11.9 Å². The molecule has 1 N–H and O–H groups in total. The van der Waals surface area contributed by atoms with Gasteiger partial charge in [0, 0.05) is 24.4 Å². The van der Waals surface area contributed by atoms with Crippen LogP contribution in [0.4, 0.5) is 22.0 Å². The summed E-state index contributed by atoms with van der Waals surface area (Å²) in [6.07, 6.45) is -2.80. The van der Waals surface area contributed by atoms with Gasteiger partial charge in [-0.1, -0.05) is 13.8 Å². The number of carbonyl (C=O) groups is 1. The summed E-state index contributed by atoms with van der Waals surface area (Å²) in [5.74, 6) is -1.78. The molecule has 1 aromatic carbocycles. The molecule has 2 atom stereocenters. The summed E-state index contributed by atoms with van der Waals surface area (Å²) >= 11 is 0. The Morgan fingerprint density at radius 3 is 2.43 bits per heavy atom. The van der Waals surface area contributed by atoms with Crippen molar-refractivity contribution in [2.75, 3.05) is 6.54 Å². The third-order valence-electron chi connectivity index (χ3n) is 5.41. The van der Waals surface area contributed by atoms with Crippen molar-refractivity contribution in [3.05, 3.63) is 77.8 Å². The maximum absolute atomic E-state index is 14.1. The fraction of sp³-hybridized carbons (Fsp3) is 0.320. The van der Waals surface area contributed by atoms with Crippen LogP contribution in [0.15, 0.2) is 59.6 Å². The first-order valence-corrected chi connectivity index (χ1v) is 12.6. The second-order valence-electron chi connectivity index (χ2n) is 7.82. The maximum atomic E-state index is 14.1. The second kappa shape index (κ2) is 12.3. The van der Waals surface area contributed by atoms with Gasteiger partial charge >= 0.3 is 6.18 Å². The Kier molecular flexibility index (Phi) is 9.44. The number of rotatable bonds is 6. The molecular formula is C25H25F5N4O2S. The van der Waals surface area contributed by atoms with Gasteiger partial charge in [0.15, 0.2) is 0 Å². The van der Waals surface area contributed by atoms with E-state index in [0.29, 0.717) is 30.5 Å². The van der Waals surface area contributed by atoms with Crippen LogP contribution in [0.5, 0.6) is 0 Å². The number of alkyl halides is 3. The molecule has 4 rings (SSSR count). The summed E-state index contributed by atoms with van der Waals surface area (Å²) in [7, 11) is -1.66. The Hall–Kier alpha value is -3.25. The number of nitrogens with zero attached hydrogens (tertiary/aromatic N) is 3. The van der Waals surface area contributed by atoms with Crippen LogP contribution < -0.4 is 5.32 Å². The average molecular weight is 541 g/mol. The number of nitrogens with one attached hydrogen (secondary N) is 1. The topological polar surface area (TPSA) is 75.2 Å². The van der Waals surface area contributed by atoms with Gasteiger partial charge < -0.3 is 5.32 Å². The van der Waals surface area contributed by atoms with E-state index in [1.807, 2.05) is 13.8 Å². The monoisotopic (exact) mass is 540 g/mol. The molecule has 0 saturated carbocycles. The molecule has 3 aromatic rings. The number of amides is 1. The van der Waals surface area contributed by atoms with Crippen LogP contribution in [-0.4, -0.2) is 37.0 Å². The normalized spacial score (nSPS) is 16.6. The summed E-state index contributed by atoms with van der Waals surface area (Å²) in [4.78, 5) is 20.6. The molecule has 1 saturated heterocycles. The first-order valence-electron chi connectivity index (χ1n) is 11.5. The molecular weight excluding hydrogens is 515 g/mol. The van der Waals surface area contributed by atoms with E-state index in [-0.39, 0.29) is 23.5 Å². The molecule has 0 spiro atoms. The second-order valence-corrected chi connectivity index (χ2v) is 9.26. The predicted octanol–water partition coefficient (Wildman–Crippen LogP) is 5.27. The van der Waals surface area contributed by atoms with Crippen LogP contribution in [0.2, 0.25) is 0 Å². The largest absolute Gasteiger partial charge is 0.417 e. The van der Waals surface area contributed by atoms with E-state index in [2.05, 4.69) is 15.3 Å². The van der Waals surface area contributed by atoms with Crippen molar-refractivity contribution in [3.63, 3.8) is 0 Å². The number of carbonyl (C=O) groups excluding carboxylic acids is 1. The standard InChI is InChI=1S/C23H19F5N4O2S.C2H6/c24-16-4-6-18(7-5-16)35(34)32-9-1-2-20(32)22(33)30-13-17-10-14(11-21(25)31-17)19-8-3-15(12-29-19)23(26,27)28;1-2/h3-8,10-12,20H,1-2,9,13H2,(H,30,33);1-2H3. The summed E-state index contributed by atoms with van der Waals surface area (Å²) in [5.41, 5.74) is -0.472. The van der Waals surface area contributed by atoms with Gasteiger partial charge in [-0.15, -0.1) is 0 Å². The number of pyridine rings is 2. The van der Waals surface area contributed by atoms with E-state index in [0.717, 1.165) is 18.2 Å². The number of hydrogen-bond donors (Lipinski definition) is 1. The molecule has 0 bridgehead atoms. The Morgan fingerprint density at radius 1 is 1.11 bits per heavy atom. The Labute approximate surface area is 213 Å². The zero-order valence-corrected chi connectivity index (χ0v) is 20.9. The summed E-state index contributed by atoms with van der Waals surface area (Å²) in [6, 6.07) is 8.89. The van der Waals surface area contributed by atoms with Crippen molar-refractivity contribution in [1.29, 1.82) is 0 Å². The van der Waals surface area contributed by atoms with Crippen molar-refractivity contribution >= 4 is 16.9 Å². The molecule has 1 amide bonds. The van der Waals surface area contributed by atoms with Crippen molar-refractivity contribution in [2.45, 2.75) is 50.3 Å². The lowest BCUT2D eigenvalue weighted by Gasteiger charge is -2.22. The van der Waals surface area contributed by atoms with Gasteiger partial charge in [-0.25, -0.2) is 17.9 Å². The fourth-order valence-electron chi connectivity index (χ4n) is 3.70. The van der Waals surface area contributed by atoms with Crippen LogP contribution in [0.1, 0.15) is 37.9 Å². The van der Waals surface area contributed by atoms with Crippen molar-refractivity contribution < 1.29 is 31.0 Å². The van der Waals surface area contributed by atoms with E-state index in [1.54, 1.807) is 0 Å². The SMILES string of the molecule is CC.O=C(NCc1cc(-c2ccc(C(F)(F)F)cn2)cc(F)n1)C1CCCN1S(=O)c1ccc(F)cc1. The van der Waals surface area contributed by atoms with Crippen LogP contribution in [0, 0.1) is 11.8 Å². The Balaban J connectivity index is 0.00000186. The molecule has 0 radical (unpaired) electrons. The molecule has 37 heavy (non-hydrogen) atoms. The Morgan fingerprint density at radius 2 is 1.81 bits per heavy atom. The third-order valence-corrected chi connectivity index (χ3v) is 6.95. The highest BCUT2D eigenvalue weighted by atomic mass is 32.2. The summed E-state index contributed by atoms with van der Waals surface area (Å²) < 4.78 is 79.9. The molecule has 1 aliphatic heterocycles. The highest BCUT2D eigenvalue weighted by Crippen LogP contribution is 2.30. The van der Waals surface area contributed by atoms with E-state index < -0.39 is 46.4 Å². The number of aromatic nitrogens is 2. The number of hydrogen-bond acceptors (Lipinski definition) is 4. The lowest BCUT2D eigenvalue weighted by atomic mass is 10.1. The van der Waals surface area contributed by atoms with Gasteiger partial charge in [-0.2, -0.15) is 17.6 Å². The minimum Gasteiger partial charge on any atom is -0.349 e. The number of halogens is 5.